The number of aryl methyl sites for hydroxylation is 1. The van der Waals surface area contributed by atoms with E-state index in [0.717, 1.165) is 31.9 Å². The zero-order chi connectivity index (χ0) is 18.8. The number of piperazine rings is 1. The number of carbonyl (C=O) groups is 1. The Balaban J connectivity index is 1.43. The molecular weight excluding hydrogens is 336 g/mol. The third kappa shape index (κ3) is 3.45. The van der Waals surface area contributed by atoms with Crippen LogP contribution in [0.4, 0.5) is 5.69 Å². The van der Waals surface area contributed by atoms with E-state index in [1.165, 1.54) is 16.8 Å². The highest BCUT2D eigenvalue weighted by Gasteiger charge is 2.24. The molecule has 1 saturated heterocycles. The fourth-order valence-electron chi connectivity index (χ4n) is 3.57. The lowest BCUT2D eigenvalue weighted by Gasteiger charge is -2.37. The number of hydrogen-bond acceptors (Lipinski definition) is 3. The Hall–Kier alpha value is -3.08. The largest absolute Gasteiger partial charge is 0.368 e. The Bertz CT molecular complexity index is 940. The van der Waals surface area contributed by atoms with Crippen molar-refractivity contribution in [2.75, 3.05) is 31.1 Å². The minimum absolute atomic E-state index is 0.0535. The molecule has 138 valence electrons. The Morgan fingerprint density at radius 2 is 1.67 bits per heavy atom. The molecule has 0 atom stereocenters. The van der Waals surface area contributed by atoms with E-state index >= 15 is 0 Å². The summed E-state index contributed by atoms with van der Waals surface area (Å²) in [6, 6.07) is 16.3. The van der Waals surface area contributed by atoms with Crippen molar-refractivity contribution < 1.29 is 4.79 Å². The molecule has 3 aromatic rings. The van der Waals surface area contributed by atoms with E-state index in [1.807, 2.05) is 41.4 Å². The summed E-state index contributed by atoms with van der Waals surface area (Å²) in [6.45, 7) is 7.46. The molecule has 0 saturated carbocycles. The predicted octanol–water partition coefficient (Wildman–Crippen LogP) is 3.45. The number of amides is 1. The van der Waals surface area contributed by atoms with Gasteiger partial charge in [-0.25, -0.2) is 4.68 Å². The summed E-state index contributed by atoms with van der Waals surface area (Å²) in [6.07, 6.45) is 3.47. The van der Waals surface area contributed by atoms with Crippen LogP contribution < -0.4 is 4.90 Å². The number of rotatable bonds is 3. The van der Waals surface area contributed by atoms with Gasteiger partial charge in [-0.2, -0.15) is 5.10 Å². The maximum absolute atomic E-state index is 12.9. The standard InChI is InChI=1S/C22H24N4O/c1-17-7-6-10-21(18(17)2)24-11-13-25(14-12-24)22(27)19-15-23-26(16-19)20-8-4-3-5-9-20/h3-10,15-16H,11-14H2,1-2H3. The van der Waals surface area contributed by atoms with Crippen LogP contribution in [0, 0.1) is 13.8 Å². The van der Waals surface area contributed by atoms with Gasteiger partial charge in [0.15, 0.2) is 0 Å². The van der Waals surface area contributed by atoms with E-state index in [1.54, 1.807) is 10.9 Å². The van der Waals surface area contributed by atoms with Gasteiger partial charge in [-0.05, 0) is 43.2 Å². The molecular formula is C22H24N4O. The van der Waals surface area contributed by atoms with E-state index in [9.17, 15) is 4.79 Å². The van der Waals surface area contributed by atoms with Crippen LogP contribution in [0.15, 0.2) is 60.9 Å². The molecule has 1 fully saturated rings. The van der Waals surface area contributed by atoms with E-state index < -0.39 is 0 Å². The van der Waals surface area contributed by atoms with Gasteiger partial charge >= 0.3 is 0 Å². The maximum atomic E-state index is 12.9. The van der Waals surface area contributed by atoms with E-state index in [-0.39, 0.29) is 5.91 Å². The van der Waals surface area contributed by atoms with E-state index in [0.29, 0.717) is 5.56 Å². The monoisotopic (exact) mass is 360 g/mol. The van der Waals surface area contributed by atoms with Crippen LogP contribution in [0.2, 0.25) is 0 Å². The molecule has 1 aliphatic heterocycles. The number of carbonyl (C=O) groups excluding carboxylic acids is 1. The minimum Gasteiger partial charge on any atom is -0.368 e. The second-order valence-electron chi connectivity index (χ2n) is 7.01. The van der Waals surface area contributed by atoms with Crippen LogP contribution in [0.1, 0.15) is 21.5 Å². The second kappa shape index (κ2) is 7.27. The van der Waals surface area contributed by atoms with Crippen LogP contribution in [-0.4, -0.2) is 46.8 Å². The summed E-state index contributed by atoms with van der Waals surface area (Å²) in [4.78, 5) is 17.2. The van der Waals surface area contributed by atoms with E-state index in [2.05, 4.69) is 42.0 Å². The van der Waals surface area contributed by atoms with Crippen molar-refractivity contribution >= 4 is 11.6 Å². The van der Waals surface area contributed by atoms with Crippen LogP contribution in [-0.2, 0) is 0 Å². The average molecular weight is 360 g/mol. The molecule has 2 heterocycles. The number of aromatic nitrogens is 2. The lowest BCUT2D eigenvalue weighted by atomic mass is 10.1. The van der Waals surface area contributed by atoms with Crippen molar-refractivity contribution in [1.82, 2.24) is 14.7 Å². The molecule has 1 aliphatic rings. The molecule has 2 aromatic carbocycles. The molecule has 5 nitrogen and oxygen atoms in total. The Morgan fingerprint density at radius 3 is 2.41 bits per heavy atom. The second-order valence-corrected chi connectivity index (χ2v) is 7.01. The molecule has 5 heteroatoms. The van der Waals surface area contributed by atoms with Crippen molar-refractivity contribution in [3.63, 3.8) is 0 Å². The van der Waals surface area contributed by atoms with Gasteiger partial charge in [-0.15, -0.1) is 0 Å². The van der Waals surface area contributed by atoms with Gasteiger partial charge in [0.2, 0.25) is 0 Å². The number of para-hydroxylation sites is 1. The van der Waals surface area contributed by atoms with Crippen LogP contribution in [0.3, 0.4) is 0 Å². The van der Waals surface area contributed by atoms with Crippen LogP contribution >= 0.6 is 0 Å². The summed E-state index contributed by atoms with van der Waals surface area (Å²) in [5.41, 5.74) is 5.50. The van der Waals surface area contributed by atoms with Gasteiger partial charge in [0.05, 0.1) is 17.4 Å². The zero-order valence-corrected chi connectivity index (χ0v) is 15.8. The lowest BCUT2D eigenvalue weighted by Crippen LogP contribution is -2.49. The Morgan fingerprint density at radius 1 is 0.926 bits per heavy atom. The maximum Gasteiger partial charge on any atom is 0.257 e. The molecule has 0 aliphatic carbocycles. The quantitative estimate of drug-likeness (QED) is 0.718. The SMILES string of the molecule is Cc1cccc(N2CCN(C(=O)c3cnn(-c4ccccc4)c3)CC2)c1C. The normalized spacial score (nSPS) is 14.4. The summed E-state index contributed by atoms with van der Waals surface area (Å²) < 4.78 is 1.75. The fraction of sp³-hybridized carbons (Fsp3) is 0.273. The molecule has 4 rings (SSSR count). The smallest absolute Gasteiger partial charge is 0.257 e. The number of nitrogens with zero attached hydrogens (tertiary/aromatic N) is 4. The molecule has 0 N–H and O–H groups in total. The third-order valence-corrected chi connectivity index (χ3v) is 5.33. The molecule has 0 bridgehead atoms. The van der Waals surface area contributed by atoms with Crippen molar-refractivity contribution in [2.45, 2.75) is 13.8 Å². The minimum atomic E-state index is 0.0535. The first-order valence-corrected chi connectivity index (χ1v) is 9.34. The van der Waals surface area contributed by atoms with Gasteiger partial charge < -0.3 is 9.80 Å². The molecule has 27 heavy (non-hydrogen) atoms. The van der Waals surface area contributed by atoms with Crippen molar-refractivity contribution in [2.24, 2.45) is 0 Å². The summed E-state index contributed by atoms with van der Waals surface area (Å²) in [5.74, 6) is 0.0535. The summed E-state index contributed by atoms with van der Waals surface area (Å²) >= 11 is 0. The summed E-state index contributed by atoms with van der Waals surface area (Å²) in [5, 5.41) is 4.34. The first kappa shape index (κ1) is 17.3. The highest BCUT2D eigenvalue weighted by Crippen LogP contribution is 2.24. The molecule has 1 aromatic heterocycles. The first-order valence-electron chi connectivity index (χ1n) is 9.34. The van der Waals surface area contributed by atoms with Gasteiger partial charge in [-0.1, -0.05) is 30.3 Å². The van der Waals surface area contributed by atoms with Crippen LogP contribution in [0.25, 0.3) is 5.69 Å². The highest BCUT2D eigenvalue weighted by atomic mass is 16.2. The number of anilines is 1. The van der Waals surface area contributed by atoms with Crippen LogP contribution in [0.5, 0.6) is 0 Å². The molecule has 0 radical (unpaired) electrons. The van der Waals surface area contributed by atoms with Gasteiger partial charge in [0.25, 0.3) is 5.91 Å². The fourth-order valence-corrected chi connectivity index (χ4v) is 3.57. The number of hydrogen-bond donors (Lipinski definition) is 0. The number of benzene rings is 2. The molecule has 1 amide bonds. The topological polar surface area (TPSA) is 41.4 Å². The third-order valence-electron chi connectivity index (χ3n) is 5.33. The Kier molecular flexibility index (Phi) is 4.67. The average Bonchev–Trinajstić information content (AvgIpc) is 3.21. The summed E-state index contributed by atoms with van der Waals surface area (Å²) in [7, 11) is 0. The Labute approximate surface area is 159 Å². The molecule has 0 spiro atoms. The van der Waals surface area contributed by atoms with Gasteiger partial charge in [0, 0.05) is 38.1 Å². The van der Waals surface area contributed by atoms with E-state index in [4.69, 9.17) is 0 Å². The predicted molar refractivity (Wildman–Crippen MR) is 108 cm³/mol. The van der Waals surface area contributed by atoms with Crippen molar-refractivity contribution in [1.29, 1.82) is 0 Å². The highest BCUT2D eigenvalue weighted by molar-refractivity contribution is 5.94. The van der Waals surface area contributed by atoms with Gasteiger partial charge in [-0.3, -0.25) is 4.79 Å². The first-order chi connectivity index (χ1) is 13.1. The van der Waals surface area contributed by atoms with Gasteiger partial charge in [0.1, 0.15) is 0 Å². The lowest BCUT2D eigenvalue weighted by molar-refractivity contribution is 0.0747. The molecule has 0 unspecified atom stereocenters. The van der Waals surface area contributed by atoms with Crippen molar-refractivity contribution in [3.05, 3.63) is 77.6 Å². The zero-order valence-electron chi connectivity index (χ0n) is 15.8. The van der Waals surface area contributed by atoms with Crippen molar-refractivity contribution in [3.8, 4) is 5.69 Å².